The van der Waals surface area contributed by atoms with Crippen LogP contribution in [0, 0.1) is 27.7 Å². The van der Waals surface area contributed by atoms with Gasteiger partial charge in [0.15, 0.2) is 5.82 Å². The predicted molar refractivity (Wildman–Crippen MR) is 62.4 cm³/mol. The Bertz CT molecular complexity index is 510. The van der Waals surface area contributed by atoms with Gasteiger partial charge in [0.1, 0.15) is 0 Å². The molecule has 0 aromatic carbocycles. The van der Waals surface area contributed by atoms with Gasteiger partial charge in [-0.3, -0.25) is 5.10 Å². The van der Waals surface area contributed by atoms with Crippen molar-refractivity contribution in [2.75, 3.05) is 0 Å². The predicted octanol–water partition coefficient (Wildman–Crippen LogP) is 2.59. The molecule has 2 aromatic rings. The molecule has 2 heterocycles. The van der Waals surface area contributed by atoms with Gasteiger partial charge in [0.05, 0.1) is 10.2 Å². The molecule has 0 bridgehead atoms. The second kappa shape index (κ2) is 3.48. The van der Waals surface area contributed by atoms with E-state index in [1.54, 1.807) is 0 Å². The van der Waals surface area contributed by atoms with E-state index in [1.807, 2.05) is 25.5 Å². The molecule has 0 spiro atoms. The standard InChI is InChI=1S/C10H13BrN4/c1-5-6(2)14-15(8(5)4)10-9(11)7(3)12-13-10/h1-4H3,(H,12,13). The van der Waals surface area contributed by atoms with Crippen molar-refractivity contribution in [1.29, 1.82) is 0 Å². The normalized spacial score (nSPS) is 11.0. The van der Waals surface area contributed by atoms with Crippen LogP contribution in [0.3, 0.4) is 0 Å². The summed E-state index contributed by atoms with van der Waals surface area (Å²) < 4.78 is 2.83. The molecule has 4 nitrogen and oxygen atoms in total. The summed E-state index contributed by atoms with van der Waals surface area (Å²) in [6, 6.07) is 0. The number of hydrogen-bond donors (Lipinski definition) is 1. The first-order valence-corrected chi connectivity index (χ1v) is 5.55. The molecule has 80 valence electrons. The fourth-order valence-electron chi connectivity index (χ4n) is 1.47. The molecular formula is C10H13BrN4. The van der Waals surface area contributed by atoms with Crippen LogP contribution in [0.4, 0.5) is 0 Å². The lowest BCUT2D eigenvalue weighted by Crippen LogP contribution is -2.00. The Morgan fingerprint density at radius 3 is 2.27 bits per heavy atom. The Morgan fingerprint density at radius 1 is 1.20 bits per heavy atom. The van der Waals surface area contributed by atoms with Crippen LogP contribution >= 0.6 is 15.9 Å². The zero-order valence-corrected chi connectivity index (χ0v) is 10.8. The molecule has 0 amide bonds. The maximum absolute atomic E-state index is 4.46. The third-order valence-corrected chi connectivity index (χ3v) is 3.66. The zero-order valence-electron chi connectivity index (χ0n) is 9.22. The van der Waals surface area contributed by atoms with Gasteiger partial charge in [-0.1, -0.05) is 0 Å². The second-order valence-corrected chi connectivity index (χ2v) is 4.49. The molecular weight excluding hydrogens is 256 g/mol. The maximum Gasteiger partial charge on any atom is 0.189 e. The number of nitrogens with one attached hydrogen (secondary N) is 1. The molecule has 0 aliphatic carbocycles. The van der Waals surface area contributed by atoms with Crippen LogP contribution in [0.1, 0.15) is 22.6 Å². The Kier molecular flexibility index (Phi) is 2.42. The molecule has 0 radical (unpaired) electrons. The van der Waals surface area contributed by atoms with Crippen molar-refractivity contribution in [2.24, 2.45) is 0 Å². The van der Waals surface area contributed by atoms with Crippen LogP contribution in [0.15, 0.2) is 4.47 Å². The number of nitrogens with zero attached hydrogens (tertiary/aromatic N) is 3. The van der Waals surface area contributed by atoms with Crippen molar-refractivity contribution in [3.63, 3.8) is 0 Å². The molecule has 0 unspecified atom stereocenters. The van der Waals surface area contributed by atoms with Crippen LogP contribution in [-0.2, 0) is 0 Å². The summed E-state index contributed by atoms with van der Waals surface area (Å²) in [6.07, 6.45) is 0. The first-order chi connectivity index (χ1) is 7.02. The van der Waals surface area contributed by atoms with Gasteiger partial charge >= 0.3 is 0 Å². The lowest BCUT2D eigenvalue weighted by molar-refractivity contribution is 0.795. The van der Waals surface area contributed by atoms with Crippen molar-refractivity contribution in [3.05, 3.63) is 27.1 Å². The number of aromatic amines is 1. The first-order valence-electron chi connectivity index (χ1n) is 4.76. The van der Waals surface area contributed by atoms with E-state index in [-0.39, 0.29) is 0 Å². The molecule has 0 atom stereocenters. The third-order valence-electron chi connectivity index (χ3n) is 2.71. The molecule has 2 rings (SSSR count). The average Bonchev–Trinajstić information content (AvgIpc) is 2.64. The molecule has 0 aliphatic heterocycles. The highest BCUT2D eigenvalue weighted by Gasteiger charge is 2.14. The molecule has 15 heavy (non-hydrogen) atoms. The fraction of sp³-hybridized carbons (Fsp3) is 0.400. The molecule has 0 aliphatic rings. The van der Waals surface area contributed by atoms with Gasteiger partial charge < -0.3 is 0 Å². The van der Waals surface area contributed by atoms with Gasteiger partial charge in [0.25, 0.3) is 0 Å². The molecule has 0 fully saturated rings. The summed E-state index contributed by atoms with van der Waals surface area (Å²) in [5.74, 6) is 0.821. The first kappa shape index (κ1) is 10.4. The SMILES string of the molecule is Cc1nn(-c2n[nH]c(C)c2Br)c(C)c1C. The maximum atomic E-state index is 4.46. The van der Waals surface area contributed by atoms with Crippen LogP contribution < -0.4 is 0 Å². The second-order valence-electron chi connectivity index (χ2n) is 3.69. The van der Waals surface area contributed by atoms with E-state index in [2.05, 4.69) is 38.1 Å². The van der Waals surface area contributed by atoms with Crippen LogP contribution in [-0.4, -0.2) is 20.0 Å². The number of aromatic nitrogens is 4. The molecule has 2 aromatic heterocycles. The highest BCUT2D eigenvalue weighted by Crippen LogP contribution is 2.24. The van der Waals surface area contributed by atoms with E-state index in [1.165, 1.54) is 5.56 Å². The van der Waals surface area contributed by atoms with Crippen molar-refractivity contribution in [1.82, 2.24) is 20.0 Å². The topological polar surface area (TPSA) is 46.5 Å². The average molecular weight is 269 g/mol. The minimum atomic E-state index is 0.821. The van der Waals surface area contributed by atoms with Crippen LogP contribution in [0.5, 0.6) is 0 Å². The summed E-state index contributed by atoms with van der Waals surface area (Å²) in [5, 5.41) is 11.6. The quantitative estimate of drug-likeness (QED) is 0.864. The summed E-state index contributed by atoms with van der Waals surface area (Å²) >= 11 is 3.50. The highest BCUT2D eigenvalue weighted by atomic mass is 79.9. The smallest absolute Gasteiger partial charge is 0.189 e. The molecule has 0 saturated carbocycles. The monoisotopic (exact) mass is 268 g/mol. The number of aryl methyl sites for hydroxylation is 2. The summed E-state index contributed by atoms with van der Waals surface area (Å²) in [5.41, 5.74) is 4.39. The van der Waals surface area contributed by atoms with Gasteiger partial charge in [0, 0.05) is 11.4 Å². The Labute approximate surface area is 96.8 Å². The van der Waals surface area contributed by atoms with Gasteiger partial charge in [-0.25, -0.2) is 4.68 Å². The number of rotatable bonds is 1. The van der Waals surface area contributed by atoms with E-state index in [4.69, 9.17) is 0 Å². The number of halogens is 1. The van der Waals surface area contributed by atoms with Gasteiger partial charge in [-0.05, 0) is 49.2 Å². The highest BCUT2D eigenvalue weighted by molar-refractivity contribution is 9.10. The van der Waals surface area contributed by atoms with Crippen LogP contribution in [0.25, 0.3) is 5.82 Å². The van der Waals surface area contributed by atoms with Crippen LogP contribution in [0.2, 0.25) is 0 Å². The van der Waals surface area contributed by atoms with E-state index < -0.39 is 0 Å². The minimum absolute atomic E-state index is 0.821. The lowest BCUT2D eigenvalue weighted by Gasteiger charge is -2.00. The van der Waals surface area contributed by atoms with Gasteiger partial charge in [-0.15, -0.1) is 0 Å². The van der Waals surface area contributed by atoms with Crippen molar-refractivity contribution in [3.8, 4) is 5.82 Å². The fourth-order valence-corrected chi connectivity index (χ4v) is 1.82. The van der Waals surface area contributed by atoms with Crippen molar-refractivity contribution < 1.29 is 0 Å². The lowest BCUT2D eigenvalue weighted by atomic mass is 10.2. The summed E-state index contributed by atoms with van der Waals surface area (Å²) in [7, 11) is 0. The Balaban J connectivity index is 2.64. The molecule has 5 heteroatoms. The van der Waals surface area contributed by atoms with Crippen molar-refractivity contribution >= 4 is 15.9 Å². The Hall–Kier alpha value is -1.10. The molecule has 1 N–H and O–H groups in total. The van der Waals surface area contributed by atoms with Crippen molar-refractivity contribution in [2.45, 2.75) is 27.7 Å². The van der Waals surface area contributed by atoms with E-state index >= 15 is 0 Å². The third kappa shape index (κ3) is 1.51. The molecule has 0 saturated heterocycles. The van der Waals surface area contributed by atoms with Gasteiger partial charge in [0.2, 0.25) is 0 Å². The Morgan fingerprint density at radius 2 is 1.87 bits per heavy atom. The number of hydrogen-bond acceptors (Lipinski definition) is 2. The zero-order chi connectivity index (χ0) is 11.2. The van der Waals surface area contributed by atoms with Gasteiger partial charge in [-0.2, -0.15) is 10.2 Å². The summed E-state index contributed by atoms with van der Waals surface area (Å²) in [6.45, 7) is 8.10. The number of H-pyrrole nitrogens is 1. The summed E-state index contributed by atoms with van der Waals surface area (Å²) in [4.78, 5) is 0. The largest absolute Gasteiger partial charge is 0.279 e. The van der Waals surface area contributed by atoms with E-state index in [0.717, 1.165) is 27.4 Å². The minimum Gasteiger partial charge on any atom is -0.279 e. The van der Waals surface area contributed by atoms with E-state index in [9.17, 15) is 0 Å². The van der Waals surface area contributed by atoms with E-state index in [0.29, 0.717) is 0 Å².